The minimum Gasteiger partial charge on any atom is -0.268 e. The Morgan fingerprint density at radius 3 is 2.43 bits per heavy atom. The van der Waals surface area contributed by atoms with Crippen LogP contribution in [0.3, 0.4) is 0 Å². The number of halogens is 1. The Kier molecular flexibility index (Phi) is 3.84. The van der Waals surface area contributed by atoms with Crippen molar-refractivity contribution in [2.24, 2.45) is 0 Å². The molecule has 0 radical (unpaired) electrons. The van der Waals surface area contributed by atoms with Crippen molar-refractivity contribution in [3.63, 3.8) is 0 Å². The van der Waals surface area contributed by atoms with E-state index in [0.717, 1.165) is 16.8 Å². The molecule has 0 aliphatic heterocycles. The molecule has 0 bridgehead atoms. The average Bonchev–Trinajstić information content (AvgIpc) is 2.52. The predicted octanol–water partition coefficient (Wildman–Crippen LogP) is 3.68. The summed E-state index contributed by atoms with van der Waals surface area (Å²) >= 11 is 5.87. The first-order chi connectivity index (χ1) is 10.2. The maximum atomic E-state index is 11.9. The summed E-state index contributed by atoms with van der Waals surface area (Å²) in [6, 6.07) is 19.1. The van der Waals surface area contributed by atoms with Gasteiger partial charge in [-0.1, -0.05) is 54.1 Å². The van der Waals surface area contributed by atoms with Crippen LogP contribution in [0, 0.1) is 0 Å². The van der Waals surface area contributed by atoms with Crippen molar-refractivity contribution in [2.45, 2.75) is 6.42 Å². The van der Waals surface area contributed by atoms with Gasteiger partial charge in [-0.05, 0) is 23.8 Å². The summed E-state index contributed by atoms with van der Waals surface area (Å²) in [5, 5.41) is 7.36. The Balaban J connectivity index is 1.95. The van der Waals surface area contributed by atoms with Gasteiger partial charge in [0, 0.05) is 22.6 Å². The lowest BCUT2D eigenvalue weighted by molar-refractivity contribution is 0.955. The molecule has 2 aromatic carbocycles. The van der Waals surface area contributed by atoms with Crippen LogP contribution in [0.25, 0.3) is 11.3 Å². The highest BCUT2D eigenvalue weighted by molar-refractivity contribution is 6.30. The molecule has 4 heteroatoms. The molecular formula is C17H13ClN2O. The molecule has 1 heterocycles. The quantitative estimate of drug-likeness (QED) is 0.801. The number of H-pyrrole nitrogens is 1. The molecule has 3 nitrogen and oxygen atoms in total. The fourth-order valence-electron chi connectivity index (χ4n) is 2.16. The second-order valence-corrected chi connectivity index (χ2v) is 5.21. The summed E-state index contributed by atoms with van der Waals surface area (Å²) in [6.45, 7) is 0. The second kappa shape index (κ2) is 5.94. The van der Waals surface area contributed by atoms with Crippen LogP contribution < -0.4 is 5.56 Å². The minimum atomic E-state index is -0.162. The maximum absolute atomic E-state index is 11.9. The van der Waals surface area contributed by atoms with Gasteiger partial charge in [-0.25, -0.2) is 5.10 Å². The van der Waals surface area contributed by atoms with Gasteiger partial charge in [0.25, 0.3) is 5.56 Å². The number of hydrogen-bond acceptors (Lipinski definition) is 2. The van der Waals surface area contributed by atoms with E-state index >= 15 is 0 Å². The molecule has 0 spiro atoms. The van der Waals surface area contributed by atoms with E-state index in [-0.39, 0.29) is 5.56 Å². The van der Waals surface area contributed by atoms with Crippen molar-refractivity contribution < 1.29 is 0 Å². The summed E-state index contributed by atoms with van der Waals surface area (Å²) in [4.78, 5) is 11.9. The van der Waals surface area contributed by atoms with Crippen molar-refractivity contribution in [3.8, 4) is 11.3 Å². The van der Waals surface area contributed by atoms with E-state index in [1.165, 1.54) is 0 Å². The molecule has 0 amide bonds. The van der Waals surface area contributed by atoms with E-state index in [2.05, 4.69) is 10.2 Å². The minimum absolute atomic E-state index is 0.162. The normalized spacial score (nSPS) is 10.5. The summed E-state index contributed by atoms with van der Waals surface area (Å²) in [5.74, 6) is 0. The third-order valence-electron chi connectivity index (χ3n) is 3.26. The van der Waals surface area contributed by atoms with Crippen LogP contribution in [0.2, 0.25) is 5.02 Å². The lowest BCUT2D eigenvalue weighted by Crippen LogP contribution is -2.14. The van der Waals surface area contributed by atoms with Crippen LogP contribution in [0.1, 0.15) is 11.1 Å². The van der Waals surface area contributed by atoms with Crippen LogP contribution in [0.5, 0.6) is 0 Å². The smallest absolute Gasteiger partial charge is 0.267 e. The van der Waals surface area contributed by atoms with Gasteiger partial charge in [0.2, 0.25) is 0 Å². The predicted molar refractivity (Wildman–Crippen MR) is 84.6 cm³/mol. The Hall–Kier alpha value is -2.39. The summed E-state index contributed by atoms with van der Waals surface area (Å²) in [5.41, 5.74) is 3.30. The van der Waals surface area contributed by atoms with Crippen LogP contribution in [0.4, 0.5) is 0 Å². The number of benzene rings is 2. The number of aromatic nitrogens is 2. The van der Waals surface area contributed by atoms with E-state index in [9.17, 15) is 4.79 Å². The molecule has 1 aromatic heterocycles. The second-order valence-electron chi connectivity index (χ2n) is 4.78. The molecule has 0 aliphatic rings. The molecular weight excluding hydrogens is 284 g/mol. The van der Waals surface area contributed by atoms with E-state index in [1.54, 1.807) is 0 Å². The van der Waals surface area contributed by atoms with Crippen molar-refractivity contribution in [1.29, 1.82) is 0 Å². The van der Waals surface area contributed by atoms with Gasteiger partial charge in [0.1, 0.15) is 0 Å². The molecule has 0 saturated carbocycles. The Morgan fingerprint density at radius 2 is 1.71 bits per heavy atom. The molecule has 0 aliphatic carbocycles. The first kappa shape index (κ1) is 13.6. The lowest BCUT2D eigenvalue weighted by Gasteiger charge is -2.04. The molecule has 21 heavy (non-hydrogen) atoms. The van der Waals surface area contributed by atoms with Gasteiger partial charge in [0.05, 0.1) is 5.69 Å². The highest BCUT2D eigenvalue weighted by atomic mass is 35.5. The van der Waals surface area contributed by atoms with Crippen LogP contribution in [-0.4, -0.2) is 10.2 Å². The standard InChI is InChI=1S/C17H13ClN2O/c18-15-8-6-12(7-9-15)10-14-11-16(19-20-17(14)21)13-4-2-1-3-5-13/h1-9,11H,10H2,(H,20,21). The summed E-state index contributed by atoms with van der Waals surface area (Å²) < 4.78 is 0. The fraction of sp³-hybridized carbons (Fsp3) is 0.0588. The van der Waals surface area contributed by atoms with E-state index < -0.39 is 0 Å². The van der Waals surface area contributed by atoms with Gasteiger partial charge < -0.3 is 0 Å². The van der Waals surface area contributed by atoms with Gasteiger partial charge in [0.15, 0.2) is 0 Å². The number of rotatable bonds is 3. The number of hydrogen-bond donors (Lipinski definition) is 1. The largest absolute Gasteiger partial charge is 0.268 e. The topological polar surface area (TPSA) is 45.8 Å². The van der Waals surface area contributed by atoms with Crippen molar-refractivity contribution in [3.05, 3.63) is 87.2 Å². The van der Waals surface area contributed by atoms with Crippen molar-refractivity contribution >= 4 is 11.6 Å². The molecule has 0 fully saturated rings. The number of nitrogens with zero attached hydrogens (tertiary/aromatic N) is 1. The summed E-state index contributed by atoms with van der Waals surface area (Å²) in [7, 11) is 0. The monoisotopic (exact) mass is 296 g/mol. The Labute approximate surface area is 127 Å². The maximum Gasteiger partial charge on any atom is 0.267 e. The van der Waals surface area contributed by atoms with E-state index in [4.69, 9.17) is 11.6 Å². The zero-order valence-electron chi connectivity index (χ0n) is 11.2. The highest BCUT2D eigenvalue weighted by Gasteiger charge is 2.06. The molecule has 0 saturated heterocycles. The van der Waals surface area contributed by atoms with Crippen molar-refractivity contribution in [2.75, 3.05) is 0 Å². The van der Waals surface area contributed by atoms with Gasteiger partial charge >= 0.3 is 0 Å². The molecule has 0 unspecified atom stereocenters. The first-order valence-corrected chi connectivity index (χ1v) is 6.98. The van der Waals surface area contributed by atoms with E-state index in [0.29, 0.717) is 17.0 Å². The molecule has 104 valence electrons. The molecule has 1 N–H and O–H groups in total. The van der Waals surface area contributed by atoms with Crippen LogP contribution in [-0.2, 0) is 6.42 Å². The van der Waals surface area contributed by atoms with Gasteiger partial charge in [-0.2, -0.15) is 5.10 Å². The highest BCUT2D eigenvalue weighted by Crippen LogP contribution is 2.17. The fourth-order valence-corrected chi connectivity index (χ4v) is 2.28. The van der Waals surface area contributed by atoms with Gasteiger partial charge in [-0.3, -0.25) is 4.79 Å². The number of aromatic amines is 1. The van der Waals surface area contributed by atoms with Crippen LogP contribution in [0.15, 0.2) is 65.5 Å². The third-order valence-corrected chi connectivity index (χ3v) is 3.51. The molecule has 0 atom stereocenters. The van der Waals surface area contributed by atoms with Crippen LogP contribution >= 0.6 is 11.6 Å². The average molecular weight is 297 g/mol. The number of nitrogens with one attached hydrogen (secondary N) is 1. The molecule has 3 rings (SSSR count). The molecule has 3 aromatic rings. The van der Waals surface area contributed by atoms with Gasteiger partial charge in [-0.15, -0.1) is 0 Å². The SMILES string of the molecule is O=c1[nH]nc(-c2ccccc2)cc1Cc1ccc(Cl)cc1. The third kappa shape index (κ3) is 3.20. The zero-order chi connectivity index (χ0) is 14.7. The Morgan fingerprint density at radius 1 is 1.00 bits per heavy atom. The van der Waals surface area contributed by atoms with E-state index in [1.807, 2.05) is 60.7 Å². The van der Waals surface area contributed by atoms with Crippen molar-refractivity contribution in [1.82, 2.24) is 10.2 Å². The zero-order valence-corrected chi connectivity index (χ0v) is 12.0. The Bertz CT molecular complexity index is 795. The lowest BCUT2D eigenvalue weighted by atomic mass is 10.0. The first-order valence-electron chi connectivity index (χ1n) is 6.61. The summed E-state index contributed by atoms with van der Waals surface area (Å²) in [6.07, 6.45) is 0.550.